The molecule has 1 unspecified atom stereocenters. The van der Waals surface area contributed by atoms with Crippen molar-refractivity contribution in [1.82, 2.24) is 15.1 Å². The molecular formula is C12H23N3O. The highest BCUT2D eigenvalue weighted by Gasteiger charge is 2.19. The SMILES string of the molecule is CCC(C)(CO)CNCCc1ccn(C)n1. The Hall–Kier alpha value is -0.870. The lowest BCUT2D eigenvalue weighted by Crippen LogP contribution is -2.35. The van der Waals surface area contributed by atoms with Gasteiger partial charge in [-0.2, -0.15) is 5.10 Å². The fraction of sp³-hybridized carbons (Fsp3) is 0.750. The summed E-state index contributed by atoms with van der Waals surface area (Å²) in [4.78, 5) is 0. The molecule has 4 heteroatoms. The molecule has 0 saturated carbocycles. The highest BCUT2D eigenvalue weighted by atomic mass is 16.3. The fourth-order valence-electron chi connectivity index (χ4n) is 1.50. The predicted molar refractivity (Wildman–Crippen MR) is 65.3 cm³/mol. The van der Waals surface area contributed by atoms with E-state index in [2.05, 4.69) is 24.3 Å². The maximum atomic E-state index is 9.25. The van der Waals surface area contributed by atoms with Crippen molar-refractivity contribution in [1.29, 1.82) is 0 Å². The Bertz CT molecular complexity index is 305. The van der Waals surface area contributed by atoms with Gasteiger partial charge >= 0.3 is 0 Å². The second-order valence-corrected chi connectivity index (χ2v) is 4.73. The first kappa shape index (κ1) is 13.2. The summed E-state index contributed by atoms with van der Waals surface area (Å²) in [7, 11) is 1.93. The van der Waals surface area contributed by atoms with Crippen molar-refractivity contribution in [2.75, 3.05) is 19.7 Å². The second-order valence-electron chi connectivity index (χ2n) is 4.73. The Morgan fingerprint density at radius 2 is 2.31 bits per heavy atom. The van der Waals surface area contributed by atoms with Crippen molar-refractivity contribution < 1.29 is 5.11 Å². The summed E-state index contributed by atoms with van der Waals surface area (Å²) in [6, 6.07) is 2.03. The number of nitrogens with one attached hydrogen (secondary N) is 1. The molecule has 1 aromatic heterocycles. The van der Waals surface area contributed by atoms with Crippen LogP contribution in [0.25, 0.3) is 0 Å². The third kappa shape index (κ3) is 3.94. The summed E-state index contributed by atoms with van der Waals surface area (Å²) >= 11 is 0. The summed E-state index contributed by atoms with van der Waals surface area (Å²) in [5, 5.41) is 16.9. The quantitative estimate of drug-likeness (QED) is 0.680. The highest BCUT2D eigenvalue weighted by molar-refractivity contribution is 4.99. The van der Waals surface area contributed by atoms with Gasteiger partial charge in [-0.05, 0) is 12.5 Å². The van der Waals surface area contributed by atoms with Crippen LogP contribution in [-0.4, -0.2) is 34.6 Å². The van der Waals surface area contributed by atoms with Crippen molar-refractivity contribution in [2.45, 2.75) is 26.7 Å². The van der Waals surface area contributed by atoms with E-state index in [4.69, 9.17) is 0 Å². The van der Waals surface area contributed by atoms with E-state index in [-0.39, 0.29) is 12.0 Å². The minimum atomic E-state index is 0.00408. The average Bonchev–Trinajstić information content (AvgIpc) is 2.70. The number of aromatic nitrogens is 2. The van der Waals surface area contributed by atoms with E-state index < -0.39 is 0 Å². The lowest BCUT2D eigenvalue weighted by atomic mass is 9.89. The van der Waals surface area contributed by atoms with Crippen LogP contribution >= 0.6 is 0 Å². The average molecular weight is 225 g/mol. The third-order valence-electron chi connectivity index (χ3n) is 3.11. The van der Waals surface area contributed by atoms with E-state index in [0.717, 1.165) is 31.6 Å². The van der Waals surface area contributed by atoms with E-state index in [9.17, 15) is 5.11 Å². The zero-order valence-electron chi connectivity index (χ0n) is 10.5. The summed E-state index contributed by atoms with van der Waals surface area (Å²) < 4.78 is 1.82. The van der Waals surface area contributed by atoms with Crippen LogP contribution in [0, 0.1) is 5.41 Å². The minimum absolute atomic E-state index is 0.00408. The molecule has 0 radical (unpaired) electrons. The number of aliphatic hydroxyl groups excluding tert-OH is 1. The first-order valence-electron chi connectivity index (χ1n) is 5.90. The molecule has 0 saturated heterocycles. The minimum Gasteiger partial charge on any atom is -0.396 e. The van der Waals surface area contributed by atoms with Gasteiger partial charge < -0.3 is 10.4 Å². The Labute approximate surface area is 97.7 Å². The molecule has 0 spiro atoms. The van der Waals surface area contributed by atoms with Gasteiger partial charge in [0.15, 0.2) is 0 Å². The smallest absolute Gasteiger partial charge is 0.0637 e. The highest BCUT2D eigenvalue weighted by Crippen LogP contribution is 2.18. The van der Waals surface area contributed by atoms with Gasteiger partial charge in [-0.1, -0.05) is 13.8 Å². The van der Waals surface area contributed by atoms with Gasteiger partial charge in [0.05, 0.1) is 5.69 Å². The Balaban J connectivity index is 2.21. The molecule has 1 atom stereocenters. The van der Waals surface area contributed by atoms with Crippen molar-refractivity contribution in [3.63, 3.8) is 0 Å². The first-order valence-corrected chi connectivity index (χ1v) is 5.90. The van der Waals surface area contributed by atoms with Crippen LogP contribution in [0.5, 0.6) is 0 Å². The molecule has 2 N–H and O–H groups in total. The van der Waals surface area contributed by atoms with Gasteiger partial charge in [-0.3, -0.25) is 4.68 Å². The van der Waals surface area contributed by atoms with E-state index in [1.165, 1.54) is 0 Å². The second kappa shape index (κ2) is 6.01. The van der Waals surface area contributed by atoms with Crippen LogP contribution in [-0.2, 0) is 13.5 Å². The van der Waals surface area contributed by atoms with Crippen molar-refractivity contribution in [3.8, 4) is 0 Å². The van der Waals surface area contributed by atoms with Gasteiger partial charge in [0.25, 0.3) is 0 Å². The number of hydrogen-bond donors (Lipinski definition) is 2. The van der Waals surface area contributed by atoms with Crippen LogP contribution in [0.15, 0.2) is 12.3 Å². The molecule has 0 aliphatic carbocycles. The Morgan fingerprint density at radius 3 is 2.81 bits per heavy atom. The van der Waals surface area contributed by atoms with Crippen LogP contribution in [0.1, 0.15) is 26.0 Å². The van der Waals surface area contributed by atoms with Gasteiger partial charge in [0.2, 0.25) is 0 Å². The molecule has 4 nitrogen and oxygen atoms in total. The van der Waals surface area contributed by atoms with Crippen LogP contribution in [0.2, 0.25) is 0 Å². The van der Waals surface area contributed by atoms with Crippen LogP contribution in [0.4, 0.5) is 0 Å². The Kier molecular flexibility index (Phi) is 4.96. The molecule has 0 amide bonds. The number of aliphatic hydroxyl groups is 1. The summed E-state index contributed by atoms with van der Waals surface area (Å²) in [5.41, 5.74) is 1.11. The number of aryl methyl sites for hydroxylation is 1. The molecular weight excluding hydrogens is 202 g/mol. The molecule has 16 heavy (non-hydrogen) atoms. The molecule has 1 heterocycles. The molecule has 0 bridgehead atoms. The van der Waals surface area contributed by atoms with Crippen molar-refractivity contribution in [3.05, 3.63) is 18.0 Å². The number of hydrogen-bond acceptors (Lipinski definition) is 3. The summed E-state index contributed by atoms with van der Waals surface area (Å²) in [6.45, 7) is 6.21. The van der Waals surface area contributed by atoms with Gasteiger partial charge in [0, 0.05) is 44.8 Å². The molecule has 0 aromatic carbocycles. The van der Waals surface area contributed by atoms with Crippen molar-refractivity contribution in [2.24, 2.45) is 12.5 Å². The predicted octanol–water partition coefficient (Wildman–Crippen LogP) is 0.961. The van der Waals surface area contributed by atoms with Gasteiger partial charge in [-0.15, -0.1) is 0 Å². The van der Waals surface area contributed by atoms with Crippen LogP contribution < -0.4 is 5.32 Å². The topological polar surface area (TPSA) is 50.1 Å². The van der Waals surface area contributed by atoms with E-state index in [1.54, 1.807) is 0 Å². The summed E-state index contributed by atoms with van der Waals surface area (Å²) in [5.74, 6) is 0. The number of nitrogens with zero attached hydrogens (tertiary/aromatic N) is 2. The standard InChI is InChI=1S/C12H23N3O/c1-4-12(2,10-16)9-13-7-5-11-6-8-15(3)14-11/h6,8,13,16H,4-5,7,9-10H2,1-3H3. The largest absolute Gasteiger partial charge is 0.396 e. The first-order chi connectivity index (χ1) is 7.59. The van der Waals surface area contributed by atoms with E-state index >= 15 is 0 Å². The lowest BCUT2D eigenvalue weighted by Gasteiger charge is -2.25. The molecule has 92 valence electrons. The lowest BCUT2D eigenvalue weighted by molar-refractivity contribution is 0.136. The molecule has 0 aliphatic heterocycles. The maximum Gasteiger partial charge on any atom is 0.0637 e. The van der Waals surface area contributed by atoms with Crippen molar-refractivity contribution >= 4 is 0 Å². The van der Waals surface area contributed by atoms with Gasteiger partial charge in [0.1, 0.15) is 0 Å². The van der Waals surface area contributed by atoms with Gasteiger partial charge in [-0.25, -0.2) is 0 Å². The molecule has 1 rings (SSSR count). The zero-order chi connectivity index (χ0) is 12.0. The fourth-order valence-corrected chi connectivity index (χ4v) is 1.50. The molecule has 0 fully saturated rings. The van der Waals surface area contributed by atoms with Crippen LogP contribution in [0.3, 0.4) is 0 Å². The number of rotatable bonds is 7. The normalized spacial score (nSPS) is 15.0. The van der Waals surface area contributed by atoms with E-state index in [0.29, 0.717) is 0 Å². The summed E-state index contributed by atoms with van der Waals surface area (Å²) in [6.07, 6.45) is 3.88. The maximum absolute atomic E-state index is 9.25. The zero-order valence-corrected chi connectivity index (χ0v) is 10.5. The molecule has 1 aromatic rings. The van der Waals surface area contributed by atoms with E-state index in [1.807, 2.05) is 24.0 Å². The monoisotopic (exact) mass is 225 g/mol. The molecule has 0 aliphatic rings. The third-order valence-corrected chi connectivity index (χ3v) is 3.11. The Morgan fingerprint density at radius 1 is 1.56 bits per heavy atom.